The lowest BCUT2D eigenvalue weighted by atomic mass is 9.73. The Balaban J connectivity index is 1.43. The fraction of sp³-hybridized carbons (Fsp3) is 0.778. The molecule has 3 heterocycles. The van der Waals surface area contributed by atoms with Crippen molar-refractivity contribution in [2.24, 2.45) is 11.1 Å². The maximum Gasteiger partial charge on any atom is 0.290 e. The number of carbonyl (C=O) groups excluding carboxylic acids is 2. The van der Waals surface area contributed by atoms with Crippen molar-refractivity contribution < 1.29 is 14.1 Å². The van der Waals surface area contributed by atoms with E-state index >= 15 is 0 Å². The van der Waals surface area contributed by atoms with Gasteiger partial charge in [-0.25, -0.2) is 0 Å². The number of aromatic nitrogens is 2. The van der Waals surface area contributed by atoms with Crippen LogP contribution in [-0.2, 0) is 11.3 Å². The largest absolute Gasteiger partial charge is 0.363 e. The third kappa shape index (κ3) is 3.47. The van der Waals surface area contributed by atoms with Crippen molar-refractivity contribution in [3.63, 3.8) is 0 Å². The minimum Gasteiger partial charge on any atom is -0.363 e. The van der Waals surface area contributed by atoms with Crippen molar-refractivity contribution in [1.29, 1.82) is 0 Å². The highest BCUT2D eigenvalue weighted by Crippen LogP contribution is 2.41. The van der Waals surface area contributed by atoms with Crippen molar-refractivity contribution in [2.45, 2.75) is 64.0 Å². The van der Waals surface area contributed by atoms with Crippen LogP contribution in [0.5, 0.6) is 0 Å². The van der Waals surface area contributed by atoms with Crippen LogP contribution in [0.4, 0.5) is 0 Å². The maximum absolute atomic E-state index is 12.5. The molecule has 2 amide bonds. The van der Waals surface area contributed by atoms with Gasteiger partial charge in [0.05, 0.1) is 6.54 Å². The summed E-state index contributed by atoms with van der Waals surface area (Å²) in [7, 11) is 0. The highest BCUT2D eigenvalue weighted by atomic mass is 16.5. The number of amides is 2. The summed E-state index contributed by atoms with van der Waals surface area (Å²) >= 11 is 0. The van der Waals surface area contributed by atoms with Crippen LogP contribution in [0.1, 0.15) is 67.9 Å². The number of rotatable bonds is 4. The van der Waals surface area contributed by atoms with E-state index in [-0.39, 0.29) is 11.2 Å². The third-order valence-corrected chi connectivity index (χ3v) is 6.25. The first-order valence-electron chi connectivity index (χ1n) is 9.69. The summed E-state index contributed by atoms with van der Waals surface area (Å²) in [6, 6.07) is 0.448. The van der Waals surface area contributed by atoms with Gasteiger partial charge in [-0.2, -0.15) is 4.98 Å². The fourth-order valence-electron chi connectivity index (χ4n) is 4.98. The number of likely N-dealkylation sites (tertiary alicyclic amines) is 2. The molecule has 26 heavy (non-hydrogen) atoms. The number of piperidine rings is 2. The van der Waals surface area contributed by atoms with E-state index in [0.717, 1.165) is 51.7 Å². The molecule has 4 rings (SSSR count). The number of hydrogen-bond donors (Lipinski definition) is 1. The average molecular weight is 361 g/mol. The minimum absolute atomic E-state index is 0.0672. The molecule has 8 nitrogen and oxygen atoms in total. The van der Waals surface area contributed by atoms with E-state index in [1.54, 1.807) is 0 Å². The van der Waals surface area contributed by atoms with Gasteiger partial charge >= 0.3 is 0 Å². The molecule has 1 aromatic heterocycles. The van der Waals surface area contributed by atoms with Crippen LogP contribution in [-0.4, -0.2) is 57.4 Å². The topological polar surface area (TPSA) is 106 Å². The zero-order chi connectivity index (χ0) is 18.1. The van der Waals surface area contributed by atoms with E-state index in [0.29, 0.717) is 30.8 Å². The van der Waals surface area contributed by atoms with Crippen LogP contribution in [0.25, 0.3) is 0 Å². The molecule has 2 aliphatic heterocycles. The van der Waals surface area contributed by atoms with Crippen LogP contribution in [0.15, 0.2) is 4.52 Å². The van der Waals surface area contributed by atoms with Gasteiger partial charge in [-0.15, -0.1) is 0 Å². The highest BCUT2D eigenvalue weighted by Gasteiger charge is 2.44. The molecule has 0 aromatic carbocycles. The summed E-state index contributed by atoms with van der Waals surface area (Å²) < 4.78 is 5.16. The van der Waals surface area contributed by atoms with Gasteiger partial charge in [-0.05, 0) is 38.6 Å². The molecular formula is C18H27N5O3. The molecule has 0 unspecified atom stereocenters. The van der Waals surface area contributed by atoms with Crippen LogP contribution in [0.2, 0.25) is 0 Å². The zero-order valence-electron chi connectivity index (χ0n) is 15.2. The standard InChI is InChI=1S/C18H27N5O3/c19-16(25)17-20-14(26-21-17)10-22-9-3-7-18(11-22)8-6-15(24)23(12-18)13-4-1-2-5-13/h13H,1-12H2,(H2,19,25)/t18-/m0/s1. The molecule has 1 saturated carbocycles. The molecule has 3 fully saturated rings. The molecule has 1 aromatic rings. The first kappa shape index (κ1) is 17.5. The summed E-state index contributed by atoms with van der Waals surface area (Å²) in [5.74, 6) is 0.0218. The van der Waals surface area contributed by atoms with Gasteiger partial charge in [0.25, 0.3) is 11.7 Å². The maximum atomic E-state index is 12.5. The van der Waals surface area contributed by atoms with E-state index in [9.17, 15) is 9.59 Å². The predicted octanol–water partition coefficient (Wildman–Crippen LogP) is 1.32. The lowest BCUT2D eigenvalue weighted by Gasteiger charge is -2.49. The van der Waals surface area contributed by atoms with Crippen molar-refractivity contribution >= 4 is 11.8 Å². The normalized spacial score (nSPS) is 28.2. The first-order chi connectivity index (χ1) is 12.5. The fourth-order valence-corrected chi connectivity index (χ4v) is 4.98. The predicted molar refractivity (Wildman–Crippen MR) is 93.0 cm³/mol. The van der Waals surface area contributed by atoms with Crippen molar-refractivity contribution in [3.8, 4) is 0 Å². The van der Waals surface area contributed by atoms with E-state index in [2.05, 4.69) is 19.9 Å². The second-order valence-electron chi connectivity index (χ2n) is 8.15. The lowest BCUT2D eigenvalue weighted by Crippen LogP contribution is -2.55. The Hall–Kier alpha value is -1.96. The summed E-state index contributed by atoms with van der Waals surface area (Å²) in [5.41, 5.74) is 5.35. The molecule has 8 heteroatoms. The van der Waals surface area contributed by atoms with Crippen LogP contribution in [0.3, 0.4) is 0 Å². The number of nitrogens with zero attached hydrogens (tertiary/aromatic N) is 4. The molecule has 142 valence electrons. The summed E-state index contributed by atoms with van der Waals surface area (Å²) in [4.78, 5) is 32.2. The third-order valence-electron chi connectivity index (χ3n) is 6.25. The second-order valence-corrected chi connectivity index (χ2v) is 8.15. The van der Waals surface area contributed by atoms with Crippen molar-refractivity contribution in [2.75, 3.05) is 19.6 Å². The van der Waals surface area contributed by atoms with Gasteiger partial charge in [-0.1, -0.05) is 18.0 Å². The smallest absolute Gasteiger partial charge is 0.290 e. The van der Waals surface area contributed by atoms with Gasteiger partial charge in [0, 0.05) is 31.0 Å². The Labute approximate surface area is 153 Å². The Kier molecular flexibility index (Phi) is 4.69. The van der Waals surface area contributed by atoms with Gasteiger partial charge in [0.2, 0.25) is 11.8 Å². The Morgan fingerprint density at radius 3 is 2.77 bits per heavy atom. The van der Waals surface area contributed by atoms with Crippen LogP contribution >= 0.6 is 0 Å². The first-order valence-corrected chi connectivity index (χ1v) is 9.69. The van der Waals surface area contributed by atoms with E-state index in [4.69, 9.17) is 10.3 Å². The van der Waals surface area contributed by atoms with Gasteiger partial charge < -0.3 is 15.2 Å². The van der Waals surface area contributed by atoms with E-state index < -0.39 is 5.91 Å². The monoisotopic (exact) mass is 361 g/mol. The number of primary amides is 1. The quantitative estimate of drug-likeness (QED) is 0.867. The van der Waals surface area contributed by atoms with E-state index in [1.807, 2.05) is 0 Å². The molecule has 2 N–H and O–H groups in total. The molecule has 2 saturated heterocycles. The Bertz CT molecular complexity index is 684. The number of nitrogens with two attached hydrogens (primary N) is 1. The second kappa shape index (κ2) is 6.98. The van der Waals surface area contributed by atoms with Crippen molar-refractivity contribution in [1.82, 2.24) is 19.9 Å². The molecule has 1 atom stereocenters. The van der Waals surface area contributed by atoms with E-state index in [1.165, 1.54) is 12.8 Å². The Morgan fingerprint density at radius 1 is 1.23 bits per heavy atom. The molecule has 3 aliphatic rings. The summed E-state index contributed by atoms with van der Waals surface area (Å²) in [6.45, 7) is 3.30. The van der Waals surface area contributed by atoms with Gasteiger partial charge in [-0.3, -0.25) is 14.5 Å². The van der Waals surface area contributed by atoms with Gasteiger partial charge in [0.1, 0.15) is 0 Å². The lowest BCUT2D eigenvalue weighted by molar-refractivity contribution is -0.142. The minimum atomic E-state index is -0.673. The van der Waals surface area contributed by atoms with Crippen molar-refractivity contribution in [3.05, 3.63) is 11.7 Å². The SMILES string of the molecule is NC(=O)c1noc(CN2CCC[C@]3(CCC(=O)N(C4CCCC4)C3)C2)n1. The summed E-state index contributed by atoms with van der Waals surface area (Å²) in [5, 5.41) is 3.62. The number of carbonyl (C=O) groups is 2. The van der Waals surface area contributed by atoms with Gasteiger partial charge in [0.15, 0.2) is 0 Å². The molecule has 0 bridgehead atoms. The molecule has 1 aliphatic carbocycles. The van der Waals surface area contributed by atoms with Crippen LogP contribution < -0.4 is 5.73 Å². The summed E-state index contributed by atoms with van der Waals surface area (Å²) in [6.07, 6.45) is 8.69. The average Bonchev–Trinajstić information content (AvgIpc) is 3.29. The zero-order valence-corrected chi connectivity index (χ0v) is 15.2. The molecule has 0 radical (unpaired) electrons. The number of hydrogen-bond acceptors (Lipinski definition) is 6. The highest BCUT2D eigenvalue weighted by molar-refractivity contribution is 5.88. The van der Waals surface area contributed by atoms with Crippen LogP contribution in [0, 0.1) is 5.41 Å². The molecule has 1 spiro atoms. The molecular weight excluding hydrogens is 334 g/mol. The Morgan fingerprint density at radius 2 is 2.04 bits per heavy atom.